The third-order valence-corrected chi connectivity index (χ3v) is 4.48. The molecule has 1 atom stereocenters. The largest absolute Gasteiger partial charge is 0.452 e. The van der Waals surface area contributed by atoms with E-state index >= 15 is 0 Å². The van der Waals surface area contributed by atoms with Gasteiger partial charge >= 0.3 is 0 Å². The highest BCUT2D eigenvalue weighted by atomic mass is 79.9. The van der Waals surface area contributed by atoms with E-state index < -0.39 is 9.84 Å². The van der Waals surface area contributed by atoms with E-state index in [9.17, 15) is 8.42 Å². The number of hydrogen-bond acceptors (Lipinski definition) is 4. The maximum absolute atomic E-state index is 11.5. The molecule has 108 valence electrons. The Hall–Kier alpha value is -1.11. The zero-order valence-corrected chi connectivity index (χ0v) is 13.7. The summed E-state index contributed by atoms with van der Waals surface area (Å²) < 4.78 is 29.2. The van der Waals surface area contributed by atoms with Crippen LogP contribution in [0.15, 0.2) is 50.4 Å². The first kappa shape index (κ1) is 15.3. The van der Waals surface area contributed by atoms with Crippen molar-refractivity contribution < 1.29 is 12.8 Å². The van der Waals surface area contributed by atoms with Crippen LogP contribution >= 0.6 is 15.9 Å². The highest BCUT2D eigenvalue weighted by molar-refractivity contribution is 9.10. The fourth-order valence-electron chi connectivity index (χ4n) is 1.98. The molecule has 20 heavy (non-hydrogen) atoms. The lowest BCUT2D eigenvalue weighted by Gasteiger charge is -2.16. The molecule has 0 radical (unpaired) electrons. The van der Waals surface area contributed by atoms with Gasteiger partial charge in [0.15, 0.2) is 14.5 Å². The van der Waals surface area contributed by atoms with Crippen LogP contribution in [-0.2, 0) is 9.84 Å². The highest BCUT2D eigenvalue weighted by Crippen LogP contribution is 2.26. The molecule has 1 aromatic heterocycles. The van der Waals surface area contributed by atoms with E-state index in [0.717, 1.165) is 17.9 Å². The Kier molecular flexibility index (Phi) is 4.67. The van der Waals surface area contributed by atoms with Crippen molar-refractivity contribution in [2.75, 3.05) is 12.8 Å². The maximum atomic E-state index is 11.5. The van der Waals surface area contributed by atoms with Gasteiger partial charge in [-0.05, 0) is 52.3 Å². The van der Waals surface area contributed by atoms with Crippen molar-refractivity contribution in [2.24, 2.45) is 0 Å². The molecule has 4 nitrogen and oxygen atoms in total. The van der Waals surface area contributed by atoms with Crippen LogP contribution in [0.1, 0.15) is 24.3 Å². The van der Waals surface area contributed by atoms with E-state index in [-0.39, 0.29) is 6.04 Å². The SMILES string of the molecule is CCNC(c1ccc(S(C)(=O)=O)cc1)c1ccc(Br)o1. The Balaban J connectivity index is 2.35. The van der Waals surface area contributed by atoms with E-state index in [0.29, 0.717) is 9.56 Å². The van der Waals surface area contributed by atoms with Crippen LogP contribution in [0.2, 0.25) is 0 Å². The Morgan fingerprint density at radius 2 is 1.85 bits per heavy atom. The summed E-state index contributed by atoms with van der Waals surface area (Å²) in [5, 5.41) is 3.32. The van der Waals surface area contributed by atoms with E-state index in [1.807, 2.05) is 19.1 Å². The summed E-state index contributed by atoms with van der Waals surface area (Å²) in [7, 11) is -3.17. The van der Waals surface area contributed by atoms with Crippen LogP contribution in [-0.4, -0.2) is 21.2 Å². The van der Waals surface area contributed by atoms with Crippen LogP contribution in [0.3, 0.4) is 0 Å². The number of hydrogen-bond donors (Lipinski definition) is 1. The van der Waals surface area contributed by atoms with Crippen LogP contribution in [0.5, 0.6) is 0 Å². The van der Waals surface area contributed by atoms with Crippen molar-refractivity contribution in [3.05, 3.63) is 52.4 Å². The minimum atomic E-state index is -3.17. The molecule has 1 N–H and O–H groups in total. The average molecular weight is 358 g/mol. The van der Waals surface area contributed by atoms with Crippen molar-refractivity contribution in [1.29, 1.82) is 0 Å². The van der Waals surface area contributed by atoms with E-state index in [1.54, 1.807) is 24.3 Å². The molecule has 0 bridgehead atoms. The molecule has 0 fully saturated rings. The summed E-state index contributed by atoms with van der Waals surface area (Å²) in [6.45, 7) is 2.78. The number of rotatable bonds is 5. The Morgan fingerprint density at radius 3 is 2.30 bits per heavy atom. The molecule has 6 heteroatoms. The van der Waals surface area contributed by atoms with Crippen LogP contribution in [0, 0.1) is 0 Å². The summed E-state index contributed by atoms with van der Waals surface area (Å²) in [6, 6.07) is 10.5. The second-order valence-corrected chi connectivity index (χ2v) is 7.27. The van der Waals surface area contributed by atoms with Gasteiger partial charge in [0.05, 0.1) is 10.9 Å². The number of sulfone groups is 1. The summed E-state index contributed by atoms with van der Waals surface area (Å²) in [5.41, 5.74) is 0.959. The van der Waals surface area contributed by atoms with Gasteiger partial charge in [-0.25, -0.2) is 8.42 Å². The molecule has 2 rings (SSSR count). The number of nitrogens with one attached hydrogen (secondary N) is 1. The van der Waals surface area contributed by atoms with Gasteiger partial charge in [-0.15, -0.1) is 0 Å². The van der Waals surface area contributed by atoms with Crippen molar-refractivity contribution in [1.82, 2.24) is 5.32 Å². The molecule has 2 aromatic rings. The number of benzene rings is 1. The van der Waals surface area contributed by atoms with Gasteiger partial charge in [0.2, 0.25) is 0 Å². The molecule has 1 heterocycles. The van der Waals surface area contributed by atoms with Crippen LogP contribution in [0.4, 0.5) is 0 Å². The molecule has 1 unspecified atom stereocenters. The van der Waals surface area contributed by atoms with Crippen molar-refractivity contribution in [2.45, 2.75) is 17.9 Å². The van der Waals surface area contributed by atoms with Crippen molar-refractivity contribution in [3.8, 4) is 0 Å². The molecular weight excluding hydrogens is 342 g/mol. The average Bonchev–Trinajstić information content (AvgIpc) is 2.81. The summed E-state index contributed by atoms with van der Waals surface area (Å²) in [4.78, 5) is 0.317. The predicted molar refractivity (Wildman–Crippen MR) is 81.5 cm³/mol. The molecule has 0 aliphatic carbocycles. The van der Waals surface area contributed by atoms with Crippen LogP contribution in [0.25, 0.3) is 0 Å². The molecule has 0 amide bonds. The van der Waals surface area contributed by atoms with Gasteiger partial charge in [0.25, 0.3) is 0 Å². The van der Waals surface area contributed by atoms with Crippen molar-refractivity contribution in [3.63, 3.8) is 0 Å². The second-order valence-electron chi connectivity index (χ2n) is 4.47. The smallest absolute Gasteiger partial charge is 0.175 e. The molecule has 0 saturated heterocycles. The Morgan fingerprint density at radius 1 is 1.20 bits per heavy atom. The summed E-state index contributed by atoms with van der Waals surface area (Å²) >= 11 is 3.29. The quantitative estimate of drug-likeness (QED) is 0.892. The standard InChI is InChI=1S/C14H16BrNO3S/c1-3-16-14(12-8-9-13(15)19-12)10-4-6-11(7-5-10)20(2,17)18/h4-9,14,16H,3H2,1-2H3. The van der Waals surface area contributed by atoms with Gasteiger partial charge in [-0.2, -0.15) is 0 Å². The van der Waals surface area contributed by atoms with Gasteiger partial charge in [-0.1, -0.05) is 19.1 Å². The zero-order valence-electron chi connectivity index (χ0n) is 11.3. The summed E-state index contributed by atoms with van der Waals surface area (Å²) in [5.74, 6) is 0.783. The van der Waals surface area contributed by atoms with Gasteiger partial charge < -0.3 is 9.73 Å². The van der Waals surface area contributed by atoms with Crippen LogP contribution < -0.4 is 5.32 Å². The number of halogens is 1. The van der Waals surface area contributed by atoms with Gasteiger partial charge in [0, 0.05) is 6.26 Å². The monoisotopic (exact) mass is 357 g/mol. The molecule has 0 aliphatic rings. The van der Waals surface area contributed by atoms with Gasteiger partial charge in [0.1, 0.15) is 5.76 Å². The molecule has 1 aromatic carbocycles. The lowest BCUT2D eigenvalue weighted by Crippen LogP contribution is -2.21. The normalized spacial score (nSPS) is 13.3. The molecule has 0 saturated carbocycles. The van der Waals surface area contributed by atoms with Crippen molar-refractivity contribution >= 4 is 25.8 Å². The zero-order chi connectivity index (χ0) is 14.8. The lowest BCUT2D eigenvalue weighted by molar-refractivity contribution is 0.437. The Bertz CT molecular complexity index is 677. The minimum Gasteiger partial charge on any atom is -0.452 e. The maximum Gasteiger partial charge on any atom is 0.175 e. The number of furan rings is 1. The first-order valence-corrected chi connectivity index (χ1v) is 8.89. The third kappa shape index (κ3) is 3.50. The first-order chi connectivity index (χ1) is 9.41. The topological polar surface area (TPSA) is 59.3 Å². The first-order valence-electron chi connectivity index (χ1n) is 6.20. The van der Waals surface area contributed by atoms with E-state index in [4.69, 9.17) is 4.42 Å². The van der Waals surface area contributed by atoms with Gasteiger partial charge in [-0.3, -0.25) is 0 Å². The Labute approximate surface area is 127 Å². The third-order valence-electron chi connectivity index (χ3n) is 2.93. The lowest BCUT2D eigenvalue weighted by atomic mass is 10.0. The van der Waals surface area contributed by atoms with E-state index in [2.05, 4.69) is 21.2 Å². The molecular formula is C14H16BrNO3S. The second kappa shape index (κ2) is 6.11. The van der Waals surface area contributed by atoms with E-state index in [1.165, 1.54) is 6.26 Å². The molecule has 0 spiro atoms. The minimum absolute atomic E-state index is 0.0973. The highest BCUT2D eigenvalue weighted by Gasteiger charge is 2.17. The fraction of sp³-hybridized carbons (Fsp3) is 0.286. The summed E-state index contributed by atoms with van der Waals surface area (Å²) in [6.07, 6.45) is 1.20. The molecule has 0 aliphatic heterocycles. The predicted octanol–water partition coefficient (Wildman–Crippen LogP) is 3.14. The fourth-order valence-corrected chi connectivity index (χ4v) is 2.93.